The Morgan fingerprint density at radius 3 is 2.27 bits per heavy atom. The number of amides is 1. The number of ether oxygens (including phenoxy) is 2. The summed E-state index contributed by atoms with van der Waals surface area (Å²) in [4.78, 5) is 38.1. The largest absolute Gasteiger partial charge is 0.457 e. The Hall–Kier alpha value is -1.80. The second-order valence-corrected chi connectivity index (χ2v) is 9.28. The quantitative estimate of drug-likeness (QED) is 0.451. The molecule has 1 unspecified atom stereocenters. The van der Waals surface area contributed by atoms with Crippen LogP contribution in [0, 0.1) is 0 Å². The van der Waals surface area contributed by atoms with E-state index in [0.717, 1.165) is 0 Å². The lowest BCUT2D eigenvalue weighted by Gasteiger charge is -2.48. The van der Waals surface area contributed by atoms with Crippen molar-refractivity contribution in [2.24, 2.45) is 5.73 Å². The van der Waals surface area contributed by atoms with Crippen LogP contribution < -0.4 is 5.73 Å². The fourth-order valence-corrected chi connectivity index (χ4v) is 3.75. The number of thioether (sulfide) groups is 1. The third-order valence-electron chi connectivity index (χ3n) is 3.46. The smallest absolute Gasteiger partial charge is 0.355 e. The molecular formula is C18H26N2O5S. The van der Waals surface area contributed by atoms with E-state index >= 15 is 0 Å². The van der Waals surface area contributed by atoms with E-state index < -0.39 is 29.2 Å². The van der Waals surface area contributed by atoms with Gasteiger partial charge in [0.2, 0.25) is 5.91 Å². The number of esters is 2. The number of β-lactam (4-membered cyclic amide) rings is 1. The highest BCUT2D eigenvalue weighted by Gasteiger charge is 2.52. The first-order valence-electron chi connectivity index (χ1n) is 8.38. The summed E-state index contributed by atoms with van der Waals surface area (Å²) in [5.41, 5.74) is 5.18. The number of nitrogens with zero attached hydrogens (tertiary/aromatic N) is 1. The lowest BCUT2D eigenvalue weighted by atomic mass is 10.0. The average molecular weight is 382 g/mol. The number of nitrogens with two attached hydrogens (primary N) is 1. The molecule has 0 bridgehead atoms. The number of allylic oxidation sites excluding steroid dienone is 1. The van der Waals surface area contributed by atoms with Gasteiger partial charge in [0, 0.05) is 11.8 Å². The monoisotopic (exact) mass is 382 g/mol. The number of hydrogen-bond donors (Lipinski definition) is 1. The van der Waals surface area contributed by atoms with Gasteiger partial charge in [-0.2, -0.15) is 0 Å². The van der Waals surface area contributed by atoms with Crippen molar-refractivity contribution in [1.29, 1.82) is 0 Å². The van der Waals surface area contributed by atoms with Crippen LogP contribution in [0.1, 0.15) is 41.5 Å². The van der Waals surface area contributed by atoms with Crippen LogP contribution in [0.5, 0.6) is 0 Å². The fraction of sp³-hybridized carbons (Fsp3) is 0.611. The SMILES string of the molecule is CC(C)(C)OC(=O)C=CC1=C(C(=O)OC(C)(C)C)N2C(=O)C(N)[C@@H]2SC1. The standard InChI is InChI=1S/C18H26N2O5S/c1-17(2,3)24-11(21)8-7-10-9-26-15-12(19)14(22)20(15)13(10)16(23)25-18(4,5)6/h7-8,12,15H,9,19H2,1-6H3/t12?,15-/m0/s1. The molecule has 0 aromatic heterocycles. The molecule has 2 heterocycles. The molecule has 7 nitrogen and oxygen atoms in total. The van der Waals surface area contributed by atoms with Crippen molar-refractivity contribution in [1.82, 2.24) is 4.90 Å². The molecule has 1 amide bonds. The van der Waals surface area contributed by atoms with E-state index in [1.54, 1.807) is 41.5 Å². The highest BCUT2D eigenvalue weighted by atomic mass is 32.2. The Balaban J connectivity index is 2.32. The molecule has 26 heavy (non-hydrogen) atoms. The maximum atomic E-state index is 12.7. The van der Waals surface area contributed by atoms with Crippen LogP contribution in [0.3, 0.4) is 0 Å². The predicted molar refractivity (Wildman–Crippen MR) is 98.9 cm³/mol. The molecule has 0 spiro atoms. The van der Waals surface area contributed by atoms with Gasteiger partial charge in [-0.05, 0) is 53.2 Å². The summed E-state index contributed by atoms with van der Waals surface area (Å²) in [7, 11) is 0. The Kier molecular flexibility index (Phi) is 5.58. The van der Waals surface area contributed by atoms with E-state index in [0.29, 0.717) is 11.3 Å². The number of rotatable bonds is 3. The summed E-state index contributed by atoms with van der Waals surface area (Å²) in [5.74, 6) is -1.01. The van der Waals surface area contributed by atoms with Gasteiger partial charge in [0.15, 0.2) is 0 Å². The summed E-state index contributed by atoms with van der Waals surface area (Å²) in [6.07, 6.45) is 2.77. The van der Waals surface area contributed by atoms with E-state index in [4.69, 9.17) is 15.2 Å². The van der Waals surface area contributed by atoms with Gasteiger partial charge in [-0.25, -0.2) is 9.59 Å². The van der Waals surface area contributed by atoms with Crippen LogP contribution in [0.25, 0.3) is 0 Å². The second kappa shape index (κ2) is 7.08. The molecule has 2 aliphatic rings. The van der Waals surface area contributed by atoms with Gasteiger partial charge in [-0.3, -0.25) is 9.69 Å². The van der Waals surface area contributed by atoms with Crippen molar-refractivity contribution in [3.63, 3.8) is 0 Å². The van der Waals surface area contributed by atoms with Crippen molar-refractivity contribution < 1.29 is 23.9 Å². The minimum Gasteiger partial charge on any atom is -0.457 e. The molecule has 0 saturated carbocycles. The zero-order valence-corrected chi connectivity index (χ0v) is 16.8. The normalized spacial score (nSPS) is 23.7. The van der Waals surface area contributed by atoms with Crippen LogP contribution in [-0.2, 0) is 23.9 Å². The van der Waals surface area contributed by atoms with Gasteiger partial charge in [0.05, 0.1) is 0 Å². The number of hydrogen-bond acceptors (Lipinski definition) is 7. The molecule has 1 saturated heterocycles. The molecule has 144 valence electrons. The lowest BCUT2D eigenvalue weighted by molar-refractivity contribution is -0.158. The van der Waals surface area contributed by atoms with Crippen molar-refractivity contribution in [3.05, 3.63) is 23.4 Å². The van der Waals surface area contributed by atoms with Crippen molar-refractivity contribution in [2.45, 2.75) is 64.2 Å². The molecule has 8 heteroatoms. The molecule has 2 atom stereocenters. The van der Waals surface area contributed by atoms with Crippen molar-refractivity contribution in [2.75, 3.05) is 5.75 Å². The average Bonchev–Trinajstić information content (AvgIpc) is 2.47. The van der Waals surface area contributed by atoms with Gasteiger partial charge in [-0.1, -0.05) is 0 Å². The zero-order chi connectivity index (χ0) is 19.9. The van der Waals surface area contributed by atoms with E-state index in [2.05, 4.69) is 0 Å². The van der Waals surface area contributed by atoms with Gasteiger partial charge in [0.1, 0.15) is 28.3 Å². The first-order valence-corrected chi connectivity index (χ1v) is 9.43. The third kappa shape index (κ3) is 4.67. The number of carbonyl (C=O) groups excluding carboxylic acids is 3. The van der Waals surface area contributed by atoms with E-state index in [1.165, 1.54) is 28.8 Å². The van der Waals surface area contributed by atoms with Gasteiger partial charge in [0.25, 0.3) is 0 Å². The van der Waals surface area contributed by atoms with Crippen molar-refractivity contribution >= 4 is 29.6 Å². The Morgan fingerprint density at radius 1 is 1.15 bits per heavy atom. The molecule has 2 rings (SSSR count). The van der Waals surface area contributed by atoms with Crippen LogP contribution in [-0.4, -0.2) is 51.1 Å². The minimum absolute atomic E-state index is 0.148. The van der Waals surface area contributed by atoms with Gasteiger partial charge < -0.3 is 15.2 Å². The third-order valence-corrected chi connectivity index (χ3v) is 4.78. The summed E-state index contributed by atoms with van der Waals surface area (Å²) in [6, 6.07) is -0.631. The molecule has 2 aliphatic heterocycles. The number of carbonyl (C=O) groups is 3. The van der Waals surface area contributed by atoms with Crippen LogP contribution >= 0.6 is 11.8 Å². The van der Waals surface area contributed by atoms with E-state index in [-0.39, 0.29) is 17.0 Å². The molecule has 2 N–H and O–H groups in total. The van der Waals surface area contributed by atoms with Crippen LogP contribution in [0.4, 0.5) is 0 Å². The van der Waals surface area contributed by atoms with Crippen LogP contribution in [0.2, 0.25) is 0 Å². The number of fused-ring (bicyclic) bond motifs is 1. The Labute approximate surface area is 157 Å². The Morgan fingerprint density at radius 2 is 1.73 bits per heavy atom. The topological polar surface area (TPSA) is 98.9 Å². The molecule has 1 fully saturated rings. The van der Waals surface area contributed by atoms with Crippen molar-refractivity contribution in [3.8, 4) is 0 Å². The maximum Gasteiger partial charge on any atom is 0.355 e. The van der Waals surface area contributed by atoms with E-state index in [1.807, 2.05) is 0 Å². The second-order valence-electron chi connectivity index (χ2n) is 8.18. The molecule has 0 aliphatic carbocycles. The molecular weight excluding hydrogens is 356 g/mol. The van der Waals surface area contributed by atoms with E-state index in [9.17, 15) is 14.4 Å². The molecule has 0 aromatic rings. The molecule has 0 radical (unpaired) electrons. The summed E-state index contributed by atoms with van der Waals surface area (Å²) >= 11 is 1.45. The summed E-state index contributed by atoms with van der Waals surface area (Å²) < 4.78 is 10.7. The van der Waals surface area contributed by atoms with Gasteiger partial charge >= 0.3 is 11.9 Å². The summed E-state index contributed by atoms with van der Waals surface area (Å²) in [5, 5.41) is -0.288. The zero-order valence-electron chi connectivity index (χ0n) is 16.0. The predicted octanol–water partition coefficient (Wildman–Crippen LogP) is 1.72. The molecule has 0 aromatic carbocycles. The first kappa shape index (κ1) is 20.5. The van der Waals surface area contributed by atoms with Gasteiger partial charge in [-0.15, -0.1) is 11.8 Å². The first-order chi connectivity index (χ1) is 11.8. The highest BCUT2D eigenvalue weighted by molar-refractivity contribution is 8.00. The van der Waals surface area contributed by atoms with Crippen LogP contribution in [0.15, 0.2) is 23.4 Å². The maximum absolute atomic E-state index is 12.7. The minimum atomic E-state index is -0.708. The highest BCUT2D eigenvalue weighted by Crippen LogP contribution is 2.40. The fourth-order valence-electron chi connectivity index (χ4n) is 2.49. The lowest BCUT2D eigenvalue weighted by Crippen LogP contribution is -2.68. The Bertz CT molecular complexity index is 685. The summed E-state index contributed by atoms with van der Waals surface area (Å²) in [6.45, 7) is 10.6.